The van der Waals surface area contributed by atoms with Crippen molar-refractivity contribution in [3.63, 3.8) is 0 Å². The molecule has 13 rings (SSSR count). The Morgan fingerprint density at radius 3 is 1.89 bits per heavy atom. The van der Waals surface area contributed by atoms with Crippen LogP contribution in [0.25, 0.3) is 111 Å². The number of hydrogen-bond donors (Lipinski definition) is 0. The van der Waals surface area contributed by atoms with Crippen LogP contribution in [0.4, 0.5) is 0 Å². The van der Waals surface area contributed by atoms with Gasteiger partial charge < -0.3 is 23.5 Å². The van der Waals surface area contributed by atoms with Crippen molar-refractivity contribution in [1.82, 2.24) is 19.1 Å². The quantitative estimate of drug-likeness (QED) is 0.161. The predicted molar refractivity (Wildman–Crippen MR) is 263 cm³/mol. The van der Waals surface area contributed by atoms with E-state index < -0.39 is 0 Å². The first kappa shape index (κ1) is 40.4. The van der Waals surface area contributed by atoms with Crippen LogP contribution in [0.5, 0.6) is 0 Å². The van der Waals surface area contributed by atoms with Gasteiger partial charge in [-0.1, -0.05) is 120 Å². The first-order valence-corrected chi connectivity index (χ1v) is 21.5. The van der Waals surface area contributed by atoms with Gasteiger partial charge in [0, 0.05) is 81.9 Å². The van der Waals surface area contributed by atoms with Crippen LogP contribution in [0.2, 0.25) is 0 Å². The van der Waals surface area contributed by atoms with Gasteiger partial charge in [-0.05, 0) is 71.5 Å². The van der Waals surface area contributed by atoms with Crippen LogP contribution in [0, 0.1) is 23.5 Å². The maximum Gasteiger partial charge on any atom is 0.130 e. The molecule has 0 N–H and O–H groups in total. The van der Waals surface area contributed by atoms with E-state index in [1.807, 2.05) is 103 Å². The molecule has 0 aliphatic carbocycles. The largest absolute Gasteiger partial charge is 0.500 e. The molecular weight excluding hydrogens is 987 g/mol. The minimum atomic E-state index is 0. The number of fused-ring (bicyclic) bond motifs is 9. The van der Waals surface area contributed by atoms with Gasteiger partial charge in [0.1, 0.15) is 5.58 Å². The van der Waals surface area contributed by atoms with Crippen LogP contribution in [0.15, 0.2) is 217 Å². The number of nitriles is 1. The molecule has 313 valence electrons. The van der Waals surface area contributed by atoms with E-state index in [9.17, 15) is 5.26 Å². The maximum atomic E-state index is 10.1. The van der Waals surface area contributed by atoms with Gasteiger partial charge in [0.2, 0.25) is 0 Å². The summed E-state index contributed by atoms with van der Waals surface area (Å²) < 4.78 is 11.4. The van der Waals surface area contributed by atoms with Gasteiger partial charge in [0.05, 0.1) is 33.8 Å². The van der Waals surface area contributed by atoms with Crippen molar-refractivity contribution in [3.8, 4) is 51.1 Å². The fourth-order valence-electron chi connectivity index (χ4n) is 9.29. The van der Waals surface area contributed by atoms with Gasteiger partial charge in [0.25, 0.3) is 0 Å². The average Bonchev–Trinajstić information content (AvgIpc) is 4.04. The van der Waals surface area contributed by atoms with Crippen LogP contribution in [0.1, 0.15) is 5.56 Å². The van der Waals surface area contributed by atoms with Crippen LogP contribution >= 0.6 is 0 Å². The fourth-order valence-corrected chi connectivity index (χ4v) is 9.29. The summed E-state index contributed by atoms with van der Waals surface area (Å²) >= 11 is 0. The SMILES string of the molecule is N#Cc1ccc2c(oc3c(-c4cc5c(cn4)c4ccccc4n5-c4ccc5c(c4)c4ccccc4n5-c4ccccc4)[c-]ccc32)c1-c1ccccc1.[Ir].[c-]1ccccc1-c1ccccn1. The van der Waals surface area contributed by atoms with Crippen LogP contribution in [0.3, 0.4) is 0 Å². The molecule has 5 heterocycles. The van der Waals surface area contributed by atoms with E-state index in [1.54, 1.807) is 6.20 Å². The summed E-state index contributed by atoms with van der Waals surface area (Å²) in [6.07, 6.45) is 3.76. The Balaban J connectivity index is 0.000000322. The van der Waals surface area contributed by atoms with E-state index in [1.165, 1.54) is 16.3 Å². The summed E-state index contributed by atoms with van der Waals surface area (Å²) in [4.78, 5) is 9.25. The van der Waals surface area contributed by atoms with Crippen molar-refractivity contribution in [2.45, 2.75) is 0 Å². The van der Waals surface area contributed by atoms with E-state index in [4.69, 9.17) is 9.40 Å². The molecule has 0 atom stereocenters. The van der Waals surface area contributed by atoms with Crippen molar-refractivity contribution < 1.29 is 24.5 Å². The second-order valence-corrected chi connectivity index (χ2v) is 15.9. The molecule has 5 aromatic heterocycles. The van der Waals surface area contributed by atoms with Gasteiger partial charge in [-0.25, -0.2) is 0 Å². The zero-order valence-corrected chi connectivity index (χ0v) is 37.6. The zero-order valence-electron chi connectivity index (χ0n) is 35.2. The smallest absolute Gasteiger partial charge is 0.130 e. The molecule has 0 fully saturated rings. The Kier molecular flexibility index (Phi) is 10.4. The summed E-state index contributed by atoms with van der Waals surface area (Å²) in [7, 11) is 0. The number of hydrogen-bond acceptors (Lipinski definition) is 4. The molecule has 0 saturated heterocycles. The number of nitrogens with zero attached hydrogens (tertiary/aromatic N) is 5. The fraction of sp³-hybridized carbons (Fsp3) is 0. The summed E-state index contributed by atoms with van der Waals surface area (Å²) in [5.74, 6) is 0. The summed E-state index contributed by atoms with van der Waals surface area (Å²) in [5, 5.41) is 16.6. The number of furan rings is 1. The van der Waals surface area contributed by atoms with Crippen molar-refractivity contribution in [3.05, 3.63) is 230 Å². The average molecular weight is 1020 g/mol. The van der Waals surface area contributed by atoms with Gasteiger partial charge >= 0.3 is 0 Å². The van der Waals surface area contributed by atoms with E-state index in [0.29, 0.717) is 16.7 Å². The normalized spacial score (nSPS) is 11.2. The van der Waals surface area contributed by atoms with Crippen molar-refractivity contribution in [1.29, 1.82) is 5.26 Å². The Morgan fingerprint density at radius 2 is 1.15 bits per heavy atom. The third-order valence-electron chi connectivity index (χ3n) is 12.2. The van der Waals surface area contributed by atoms with Gasteiger partial charge in [-0.2, -0.15) is 5.26 Å². The Bertz CT molecular complexity index is 3910. The Labute approximate surface area is 393 Å². The molecule has 0 spiro atoms. The molecule has 0 amide bonds. The van der Waals surface area contributed by atoms with Crippen molar-refractivity contribution in [2.24, 2.45) is 0 Å². The molecule has 13 aromatic rings. The van der Waals surface area contributed by atoms with Gasteiger partial charge in [0.15, 0.2) is 0 Å². The van der Waals surface area contributed by atoms with Gasteiger partial charge in [-0.3, -0.25) is 0 Å². The Morgan fingerprint density at radius 1 is 0.470 bits per heavy atom. The molecule has 7 heteroatoms. The standard InChI is InChI=1S/C48H27N4O.C11H8N.Ir/c49-28-31-22-24-37-36-18-11-19-38(47(36)53-48(37)46(31)30-12-3-1-4-13-30)41-27-45-40(29-50-41)35-17-8-10-21-43(35)52(45)33-23-25-44-39(26-33)34-16-7-9-20-42(34)51(44)32-14-5-2-6-15-32;1-2-6-10(7-3-1)11-8-4-5-9-12-11;/h1-18,20-27,29H;1-6,8-9H;/q2*-1;. The van der Waals surface area contributed by atoms with Crippen molar-refractivity contribution in [2.75, 3.05) is 0 Å². The van der Waals surface area contributed by atoms with E-state index in [-0.39, 0.29) is 20.1 Å². The summed E-state index contributed by atoms with van der Waals surface area (Å²) in [6.45, 7) is 0. The molecule has 0 unspecified atom stereocenters. The predicted octanol–water partition coefficient (Wildman–Crippen LogP) is 14.7. The number of para-hydroxylation sites is 3. The topological polar surface area (TPSA) is 72.6 Å². The van der Waals surface area contributed by atoms with E-state index >= 15 is 0 Å². The first-order chi connectivity index (χ1) is 32.2. The number of pyridine rings is 2. The molecule has 0 bridgehead atoms. The number of benzene rings is 8. The van der Waals surface area contributed by atoms with Crippen molar-refractivity contribution >= 4 is 65.6 Å². The summed E-state index contributed by atoms with van der Waals surface area (Å²) in [5.41, 5.74) is 13.9. The van der Waals surface area contributed by atoms with Crippen LogP contribution in [-0.2, 0) is 20.1 Å². The maximum absolute atomic E-state index is 10.1. The third-order valence-corrected chi connectivity index (χ3v) is 12.2. The second kappa shape index (κ2) is 16.9. The molecule has 1 radical (unpaired) electrons. The second-order valence-electron chi connectivity index (χ2n) is 15.9. The molecule has 8 aromatic carbocycles. The van der Waals surface area contributed by atoms with E-state index in [2.05, 4.69) is 135 Å². The molecule has 6 nitrogen and oxygen atoms in total. The first-order valence-electron chi connectivity index (χ1n) is 21.5. The minimum absolute atomic E-state index is 0. The number of rotatable bonds is 5. The monoisotopic (exact) mass is 1020 g/mol. The van der Waals surface area contributed by atoms with Gasteiger partial charge in [-0.15, -0.1) is 54.1 Å². The van der Waals surface area contributed by atoms with Crippen LogP contribution < -0.4 is 0 Å². The minimum Gasteiger partial charge on any atom is -0.500 e. The van der Waals surface area contributed by atoms with Crippen LogP contribution in [-0.4, -0.2) is 19.1 Å². The zero-order chi connectivity index (χ0) is 43.3. The summed E-state index contributed by atoms with van der Waals surface area (Å²) in [6, 6.07) is 77.1. The molecule has 0 aliphatic heterocycles. The molecule has 0 saturated carbocycles. The Hall–Kier alpha value is -8.40. The molecule has 0 aliphatic rings. The molecular formula is C59H35IrN5O-2. The molecule has 66 heavy (non-hydrogen) atoms. The third kappa shape index (κ3) is 6.76. The number of aromatic nitrogens is 4. The van der Waals surface area contributed by atoms with E-state index in [0.717, 1.165) is 83.1 Å².